The van der Waals surface area contributed by atoms with E-state index in [4.69, 9.17) is 15.3 Å². The Morgan fingerprint density at radius 2 is 1.78 bits per heavy atom. The van der Waals surface area contributed by atoms with Crippen LogP contribution in [0.15, 0.2) is 0 Å². The van der Waals surface area contributed by atoms with Crippen LogP contribution in [-0.4, -0.2) is 19.5 Å². The molecule has 1 amide bonds. The minimum atomic E-state index is -0.583. The normalized spacial score (nSPS) is 5.11. The first kappa shape index (κ1) is 16.0. The maximum atomic E-state index is 9.11. The number of nitrogens with one attached hydrogen (secondary N) is 1. The second-order valence-corrected chi connectivity index (χ2v) is 0.844. The fourth-order valence-corrected chi connectivity index (χ4v) is 0. The molecule has 0 aliphatic carbocycles. The van der Waals surface area contributed by atoms with E-state index in [1.54, 1.807) is 0 Å². The van der Waals surface area contributed by atoms with Gasteiger partial charge in [-0.05, 0) is 6.92 Å². The number of carbonyl (C=O) groups excluding carboxylic acids is 2. The van der Waals surface area contributed by atoms with E-state index in [-0.39, 0.29) is 31.1 Å². The zero-order chi connectivity index (χ0) is 6.99. The molecule has 0 heterocycles. The van der Waals surface area contributed by atoms with Crippen molar-refractivity contribution in [2.75, 3.05) is 7.11 Å². The summed E-state index contributed by atoms with van der Waals surface area (Å²) in [5.41, 5.74) is 5.94. The summed E-state index contributed by atoms with van der Waals surface area (Å²) < 4.78 is 3.74. The van der Waals surface area contributed by atoms with Gasteiger partial charge in [0, 0.05) is 13.0 Å². The van der Waals surface area contributed by atoms with Crippen molar-refractivity contribution in [2.24, 2.45) is 0 Å². The van der Waals surface area contributed by atoms with Gasteiger partial charge in [-0.3, -0.25) is 0 Å². The predicted molar refractivity (Wildman–Crippen MR) is 27.7 cm³/mol. The molecule has 0 unspecified atom stereocenters. The van der Waals surface area contributed by atoms with Crippen molar-refractivity contribution < 1.29 is 45.4 Å². The number of hydrogen-bond donors (Lipinski definition) is 0. The molecule has 0 atom stereocenters. The van der Waals surface area contributed by atoms with Crippen molar-refractivity contribution >= 4 is 12.4 Å². The van der Waals surface area contributed by atoms with Crippen molar-refractivity contribution in [1.29, 1.82) is 0 Å². The van der Waals surface area contributed by atoms with Crippen LogP contribution in [0.4, 0.5) is 0 Å². The van der Waals surface area contributed by atoms with Gasteiger partial charge in [0.15, 0.2) is 0 Å². The SMILES string of the molecule is CC([NH-])=O.CO[C-]=O.[U+2]. The maximum Gasteiger partial charge on any atom is 2.00 e. The molecule has 0 radical (unpaired) electrons. The van der Waals surface area contributed by atoms with E-state index in [1.165, 1.54) is 20.5 Å². The summed E-state index contributed by atoms with van der Waals surface area (Å²) in [4.78, 5) is 17.9. The molecule has 0 aliphatic heterocycles. The molecule has 1 N–H and O–H groups in total. The second kappa shape index (κ2) is 15.7. The standard InChI is InChI=1S/C2H5NO.C2H3O2.U/c1-2(3)4;1-4-2-3;/h1H3,(H2,3,4);1H3;/q;-1;+2/p-1. The molecule has 4 nitrogen and oxygen atoms in total. The fourth-order valence-electron chi connectivity index (χ4n) is 0. The van der Waals surface area contributed by atoms with E-state index in [1.807, 2.05) is 0 Å². The Morgan fingerprint density at radius 1 is 1.67 bits per heavy atom. The third kappa shape index (κ3) is 292. The van der Waals surface area contributed by atoms with E-state index in [9.17, 15) is 0 Å². The number of amides is 1. The van der Waals surface area contributed by atoms with Crippen molar-refractivity contribution in [3.8, 4) is 0 Å². The van der Waals surface area contributed by atoms with E-state index < -0.39 is 5.91 Å². The first-order chi connectivity index (χ1) is 3.65. The largest absolute Gasteiger partial charge is 2.00 e. The van der Waals surface area contributed by atoms with E-state index in [2.05, 4.69) is 4.74 Å². The summed E-state index contributed by atoms with van der Waals surface area (Å²) >= 11 is 0. The summed E-state index contributed by atoms with van der Waals surface area (Å²) in [6, 6.07) is 0. The maximum absolute atomic E-state index is 9.11. The zero-order valence-corrected chi connectivity index (χ0v) is 9.39. The van der Waals surface area contributed by atoms with E-state index in [0.717, 1.165) is 0 Å². The Morgan fingerprint density at radius 3 is 1.78 bits per heavy atom. The Hall–Kier alpha value is -0.00805. The van der Waals surface area contributed by atoms with Gasteiger partial charge in [-0.15, -0.1) is 0 Å². The molecular formula is C4H7NO3U. The molecule has 0 aliphatic rings. The molecule has 0 saturated carbocycles. The van der Waals surface area contributed by atoms with Gasteiger partial charge in [-0.1, -0.05) is 6.47 Å². The van der Waals surface area contributed by atoms with Gasteiger partial charge in [0.25, 0.3) is 0 Å². The van der Waals surface area contributed by atoms with Crippen LogP contribution in [0.25, 0.3) is 5.73 Å². The third-order valence-electron chi connectivity index (χ3n) is 0.0833. The van der Waals surface area contributed by atoms with Crippen LogP contribution in [0.2, 0.25) is 0 Å². The molecule has 0 fully saturated rings. The van der Waals surface area contributed by atoms with E-state index >= 15 is 0 Å². The van der Waals surface area contributed by atoms with Crippen molar-refractivity contribution in [3.05, 3.63) is 5.73 Å². The summed E-state index contributed by atoms with van der Waals surface area (Å²) in [6.45, 7) is 2.38. The molecule has 5 heteroatoms. The molecule has 0 saturated heterocycles. The molecule has 0 aromatic carbocycles. The third-order valence-corrected chi connectivity index (χ3v) is 0.0833. The van der Waals surface area contributed by atoms with Gasteiger partial charge in [-0.25, -0.2) is 0 Å². The number of rotatable bonds is 1. The van der Waals surface area contributed by atoms with Crippen molar-refractivity contribution in [3.63, 3.8) is 0 Å². The van der Waals surface area contributed by atoms with Crippen molar-refractivity contribution in [1.82, 2.24) is 0 Å². The molecule has 0 spiro atoms. The minimum Gasteiger partial charge on any atom is -0.668 e. The monoisotopic (exact) mass is 355 g/mol. The fraction of sp³-hybridized carbons (Fsp3) is 0.500. The molecule has 50 valence electrons. The molecule has 0 rings (SSSR count). The van der Waals surface area contributed by atoms with E-state index in [0.29, 0.717) is 0 Å². The zero-order valence-electron chi connectivity index (χ0n) is 5.22. The Balaban J connectivity index is -0.0000000720. The van der Waals surface area contributed by atoms with Crippen LogP contribution in [0.3, 0.4) is 0 Å². The summed E-state index contributed by atoms with van der Waals surface area (Å²) in [6.07, 6.45) is 0. The molecule has 0 aromatic heterocycles. The number of carbonyl (C=O) groups is 1. The van der Waals surface area contributed by atoms with Crippen LogP contribution < -0.4 is 0 Å². The average Bonchev–Trinajstić information content (AvgIpc) is 1.65. The van der Waals surface area contributed by atoms with Crippen LogP contribution in [-0.2, 0) is 14.3 Å². The first-order valence-corrected chi connectivity index (χ1v) is 1.77. The van der Waals surface area contributed by atoms with Crippen molar-refractivity contribution in [2.45, 2.75) is 6.92 Å². The molecule has 9 heavy (non-hydrogen) atoms. The molecule has 0 bridgehead atoms. The van der Waals surface area contributed by atoms with Crippen LogP contribution in [0.5, 0.6) is 0 Å². The molecule has 0 aromatic rings. The molecular weight excluding hydrogens is 348 g/mol. The second-order valence-electron chi connectivity index (χ2n) is 0.844. The van der Waals surface area contributed by atoms with Gasteiger partial charge < -0.3 is 20.1 Å². The summed E-state index contributed by atoms with van der Waals surface area (Å²) in [7, 11) is 1.26. The van der Waals surface area contributed by atoms with Gasteiger partial charge in [0.1, 0.15) is 0 Å². The first-order valence-electron chi connectivity index (χ1n) is 1.77. The minimum absolute atomic E-state index is 0. The quantitative estimate of drug-likeness (QED) is 0.635. The number of methoxy groups -OCH3 is 1. The van der Waals surface area contributed by atoms with Crippen LogP contribution in [0, 0.1) is 31.1 Å². The Labute approximate surface area is 77.5 Å². The predicted octanol–water partition coefficient (Wildman–Crippen LogP) is 0.285. The van der Waals surface area contributed by atoms with Gasteiger partial charge in [-0.2, -0.15) is 0 Å². The van der Waals surface area contributed by atoms with Gasteiger partial charge >= 0.3 is 31.1 Å². The summed E-state index contributed by atoms with van der Waals surface area (Å²) in [5, 5.41) is 0. The van der Waals surface area contributed by atoms with Gasteiger partial charge in [0.05, 0.1) is 0 Å². The topological polar surface area (TPSA) is 67.2 Å². The van der Waals surface area contributed by atoms with Crippen LogP contribution in [0.1, 0.15) is 6.92 Å². The van der Waals surface area contributed by atoms with Gasteiger partial charge in [0.2, 0.25) is 0 Å². The Bertz CT molecular complexity index is 72.2. The van der Waals surface area contributed by atoms with Crippen LogP contribution >= 0.6 is 0 Å². The smallest absolute Gasteiger partial charge is 0.668 e. The number of hydrogen-bond acceptors (Lipinski definition) is 3. The summed E-state index contributed by atoms with van der Waals surface area (Å²) in [5.74, 6) is -0.583. The number of ether oxygens (including phenoxy) is 1. The average molecular weight is 355 g/mol. The Kier molecular flexibility index (Phi) is 27.9.